The Morgan fingerprint density at radius 2 is 1.06 bits per heavy atom. The van der Waals surface area contributed by atoms with Crippen molar-refractivity contribution in [3.05, 3.63) is 142 Å². The van der Waals surface area contributed by atoms with Crippen molar-refractivity contribution in [3.8, 4) is 0 Å². The molecule has 5 rings (SSSR count). The second kappa shape index (κ2) is 9.19. The number of anilines is 2. The van der Waals surface area contributed by atoms with Crippen molar-refractivity contribution in [1.29, 1.82) is 0 Å². The fraction of sp³-hybridized carbons (Fsp3) is 0.0345. The summed E-state index contributed by atoms with van der Waals surface area (Å²) in [6.07, 6.45) is 4.56. The van der Waals surface area contributed by atoms with Gasteiger partial charge in [0.2, 0.25) is 0 Å². The van der Waals surface area contributed by atoms with Gasteiger partial charge in [-0.1, -0.05) is 89.9 Å². The second-order valence-corrected chi connectivity index (χ2v) is 8.82. The Labute approximate surface area is 204 Å². The van der Waals surface area contributed by atoms with Crippen LogP contribution in [0, 0.1) is 0 Å². The summed E-state index contributed by atoms with van der Waals surface area (Å²) in [5, 5.41) is 1.41. The molecule has 4 heteroatoms. The van der Waals surface area contributed by atoms with Crippen LogP contribution in [0.3, 0.4) is 0 Å². The van der Waals surface area contributed by atoms with Gasteiger partial charge >= 0.3 is 0 Å². The van der Waals surface area contributed by atoms with Crippen LogP contribution < -0.4 is 10.6 Å². The average molecular weight is 469 g/mol. The first kappa shape index (κ1) is 21.4. The highest BCUT2D eigenvalue weighted by Gasteiger charge is 2.27. The number of nitrogens with zero attached hydrogens (tertiary/aromatic N) is 1. The Kier molecular flexibility index (Phi) is 5.95. The lowest BCUT2D eigenvalue weighted by atomic mass is 9.89. The predicted octanol–water partition coefficient (Wildman–Crippen LogP) is 8.26. The largest absolute Gasteiger partial charge is 0.397 e. The lowest BCUT2D eigenvalue weighted by Gasteiger charge is -2.36. The normalized spacial score (nSPS) is 14.1. The van der Waals surface area contributed by atoms with Crippen molar-refractivity contribution >= 4 is 46.0 Å². The first-order chi connectivity index (χ1) is 16.1. The van der Waals surface area contributed by atoms with E-state index in [0.29, 0.717) is 15.7 Å². The first-order valence-electron chi connectivity index (χ1n) is 10.8. The second-order valence-electron chi connectivity index (χ2n) is 7.95. The maximum Gasteiger partial charge on any atom is 0.0691 e. The number of benzene rings is 4. The Bertz CT molecular complexity index is 1260. The summed E-state index contributed by atoms with van der Waals surface area (Å²) < 4.78 is 0. The summed E-state index contributed by atoms with van der Waals surface area (Å²) in [7, 11) is 0. The number of nitrogen functional groups attached to an aromatic ring is 1. The molecule has 1 heterocycles. The molecule has 0 amide bonds. The molecule has 0 atom stereocenters. The van der Waals surface area contributed by atoms with E-state index in [1.807, 2.05) is 78.9 Å². The van der Waals surface area contributed by atoms with E-state index in [9.17, 15) is 0 Å². The quantitative estimate of drug-likeness (QED) is 0.305. The topological polar surface area (TPSA) is 29.3 Å². The Morgan fingerprint density at radius 3 is 1.58 bits per heavy atom. The first-order valence-corrected chi connectivity index (χ1v) is 11.5. The molecular formula is C29H22Cl2N2. The van der Waals surface area contributed by atoms with Crippen LogP contribution in [-0.2, 0) is 0 Å². The summed E-state index contributed by atoms with van der Waals surface area (Å²) in [5.41, 5.74) is 13.5. The maximum absolute atomic E-state index is 6.49. The van der Waals surface area contributed by atoms with Crippen molar-refractivity contribution in [2.75, 3.05) is 10.6 Å². The minimum atomic E-state index is 0.0868. The minimum absolute atomic E-state index is 0.0868. The SMILES string of the molecule is Nc1ccccc1N1C(c2ccc(Cl)cc2)=CC(c2ccccc2)C=C1c1ccc(Cl)cc1. The van der Waals surface area contributed by atoms with Crippen molar-refractivity contribution in [1.82, 2.24) is 0 Å². The molecule has 2 nitrogen and oxygen atoms in total. The van der Waals surface area contributed by atoms with Gasteiger partial charge in [0.25, 0.3) is 0 Å². The summed E-state index contributed by atoms with van der Waals surface area (Å²) >= 11 is 12.4. The highest BCUT2D eigenvalue weighted by Crippen LogP contribution is 2.44. The van der Waals surface area contributed by atoms with Crippen LogP contribution in [0.5, 0.6) is 0 Å². The third kappa shape index (κ3) is 4.41. The Morgan fingerprint density at radius 1 is 0.576 bits per heavy atom. The molecule has 1 aliphatic heterocycles. The summed E-state index contributed by atoms with van der Waals surface area (Å²) in [6.45, 7) is 0. The van der Waals surface area contributed by atoms with Gasteiger partial charge in [0.1, 0.15) is 0 Å². The smallest absolute Gasteiger partial charge is 0.0691 e. The molecule has 33 heavy (non-hydrogen) atoms. The summed E-state index contributed by atoms with van der Waals surface area (Å²) in [5.74, 6) is 0.0868. The average Bonchev–Trinajstić information content (AvgIpc) is 2.85. The number of nitrogens with two attached hydrogens (primary N) is 1. The third-order valence-electron chi connectivity index (χ3n) is 5.80. The molecular weight excluding hydrogens is 447 g/mol. The van der Waals surface area contributed by atoms with Crippen LogP contribution in [0.2, 0.25) is 10.0 Å². The fourth-order valence-electron chi connectivity index (χ4n) is 4.18. The van der Waals surface area contributed by atoms with Gasteiger partial charge in [-0.05, 0) is 65.2 Å². The number of hydrogen-bond donors (Lipinski definition) is 1. The molecule has 0 aliphatic carbocycles. The maximum atomic E-state index is 6.49. The van der Waals surface area contributed by atoms with E-state index < -0.39 is 0 Å². The number of rotatable bonds is 4. The van der Waals surface area contributed by atoms with Crippen LogP contribution in [0.25, 0.3) is 11.4 Å². The standard InChI is InChI=1S/C29H22Cl2N2/c30-24-14-10-21(11-15-24)28-18-23(20-6-2-1-3-7-20)19-29(22-12-16-25(31)17-13-22)33(28)27-9-5-4-8-26(27)32/h1-19,23H,32H2. The van der Waals surface area contributed by atoms with Crippen LogP contribution in [0.15, 0.2) is 115 Å². The van der Waals surface area contributed by atoms with Gasteiger partial charge < -0.3 is 10.6 Å². The highest BCUT2D eigenvalue weighted by molar-refractivity contribution is 6.31. The van der Waals surface area contributed by atoms with E-state index in [4.69, 9.17) is 28.9 Å². The Balaban J connectivity index is 1.76. The van der Waals surface area contributed by atoms with Crippen LogP contribution >= 0.6 is 23.2 Å². The zero-order valence-corrected chi connectivity index (χ0v) is 19.3. The van der Waals surface area contributed by atoms with Crippen LogP contribution in [-0.4, -0.2) is 0 Å². The number of allylic oxidation sites excluding steroid dienone is 2. The van der Waals surface area contributed by atoms with Gasteiger partial charge in [0.15, 0.2) is 0 Å². The molecule has 1 aliphatic rings. The molecule has 0 fully saturated rings. The van der Waals surface area contributed by atoms with E-state index in [1.165, 1.54) is 5.56 Å². The molecule has 0 unspecified atom stereocenters. The third-order valence-corrected chi connectivity index (χ3v) is 6.30. The highest BCUT2D eigenvalue weighted by atomic mass is 35.5. The minimum Gasteiger partial charge on any atom is -0.397 e. The van der Waals surface area contributed by atoms with E-state index in [-0.39, 0.29) is 5.92 Å². The van der Waals surface area contributed by atoms with Crippen LogP contribution in [0.1, 0.15) is 22.6 Å². The van der Waals surface area contributed by atoms with Crippen molar-refractivity contribution in [2.45, 2.75) is 5.92 Å². The molecule has 0 saturated heterocycles. The van der Waals surface area contributed by atoms with Crippen LogP contribution in [0.4, 0.5) is 11.4 Å². The van der Waals surface area contributed by atoms with Gasteiger partial charge in [0, 0.05) is 16.0 Å². The van der Waals surface area contributed by atoms with Crippen molar-refractivity contribution < 1.29 is 0 Å². The summed E-state index contributed by atoms with van der Waals surface area (Å²) in [4.78, 5) is 2.22. The fourth-order valence-corrected chi connectivity index (χ4v) is 4.43. The lowest BCUT2D eigenvalue weighted by molar-refractivity contribution is 1.05. The molecule has 0 aromatic heterocycles. The predicted molar refractivity (Wildman–Crippen MR) is 141 cm³/mol. The lowest BCUT2D eigenvalue weighted by Crippen LogP contribution is -2.25. The van der Waals surface area contributed by atoms with Gasteiger partial charge in [-0.25, -0.2) is 0 Å². The molecule has 2 N–H and O–H groups in total. The zero-order chi connectivity index (χ0) is 22.8. The molecule has 4 aromatic carbocycles. The number of para-hydroxylation sites is 2. The van der Waals surface area contributed by atoms with E-state index >= 15 is 0 Å². The molecule has 4 aromatic rings. The van der Waals surface area contributed by atoms with Gasteiger partial charge in [-0.2, -0.15) is 0 Å². The number of halogens is 2. The van der Waals surface area contributed by atoms with Gasteiger partial charge in [-0.15, -0.1) is 0 Å². The number of hydrogen-bond acceptors (Lipinski definition) is 2. The van der Waals surface area contributed by atoms with Gasteiger partial charge in [-0.3, -0.25) is 0 Å². The van der Waals surface area contributed by atoms with Crippen molar-refractivity contribution in [2.24, 2.45) is 0 Å². The Hall–Kier alpha value is -3.46. The molecule has 0 saturated carbocycles. The zero-order valence-electron chi connectivity index (χ0n) is 17.8. The van der Waals surface area contributed by atoms with E-state index in [1.54, 1.807) is 0 Å². The molecule has 0 bridgehead atoms. The molecule has 0 radical (unpaired) electrons. The van der Waals surface area contributed by atoms with Gasteiger partial charge in [0.05, 0.1) is 22.8 Å². The monoisotopic (exact) mass is 468 g/mol. The molecule has 0 spiro atoms. The summed E-state index contributed by atoms with van der Waals surface area (Å²) in [6, 6.07) is 34.3. The van der Waals surface area contributed by atoms with E-state index in [2.05, 4.69) is 41.3 Å². The molecule has 162 valence electrons. The van der Waals surface area contributed by atoms with Crippen molar-refractivity contribution in [3.63, 3.8) is 0 Å². The van der Waals surface area contributed by atoms with E-state index in [0.717, 1.165) is 28.2 Å².